The molecule has 0 spiro atoms. The van der Waals surface area contributed by atoms with E-state index in [1.807, 2.05) is 0 Å². The van der Waals surface area contributed by atoms with Crippen molar-refractivity contribution < 1.29 is 97.2 Å². The molecule has 0 N–H and O–H groups in total. The van der Waals surface area contributed by atoms with E-state index in [9.17, 15) is 0 Å². The molecular weight excluding hydrogens is 233 g/mol. The predicted molar refractivity (Wildman–Crippen MR) is 6.08 cm³/mol. The van der Waals surface area contributed by atoms with Crippen molar-refractivity contribution in [1.29, 1.82) is 5.26 Å². The minimum absolute atomic E-state index is 0. The van der Waals surface area contributed by atoms with Gasteiger partial charge in [0.05, 0.1) is 0 Å². The van der Waals surface area contributed by atoms with E-state index >= 15 is 0 Å². The molecule has 0 fully saturated rings. The molecule has 1 nitrogen and oxygen atoms in total. The standard InChI is InChI=1S/CN.Cd.Fe.K.H/c1-2;;;;/q-1;;;+1;-1. The van der Waals surface area contributed by atoms with Crippen LogP contribution in [-0.2, 0) is 44.4 Å². The van der Waals surface area contributed by atoms with Gasteiger partial charge in [0.25, 0.3) is 0 Å². The first-order valence-electron chi connectivity index (χ1n) is 0.224. The summed E-state index contributed by atoms with van der Waals surface area (Å²) in [5.74, 6) is 0. The fourth-order valence-corrected chi connectivity index (χ4v) is 0. The van der Waals surface area contributed by atoms with Crippen molar-refractivity contribution in [3.05, 3.63) is 6.57 Å². The van der Waals surface area contributed by atoms with E-state index in [0.29, 0.717) is 0 Å². The monoisotopic (exact) mass is 236 g/mol. The van der Waals surface area contributed by atoms with Crippen molar-refractivity contribution in [2.75, 3.05) is 0 Å². The maximum atomic E-state index is 6.25. The second-order valence-electron chi connectivity index (χ2n) is 0. The zero-order chi connectivity index (χ0) is 2.00. The molecule has 0 aliphatic carbocycles. The largest absolute Gasteiger partial charge is 1.00 e. The van der Waals surface area contributed by atoms with Gasteiger partial charge in [-0.2, -0.15) is 0 Å². The molecule has 0 rings (SSSR count). The second kappa shape index (κ2) is 30.9. The van der Waals surface area contributed by atoms with Crippen LogP contribution < -0.4 is 51.4 Å². The molecule has 4 heteroatoms. The van der Waals surface area contributed by atoms with Crippen LogP contribution in [0.5, 0.6) is 0 Å². The second-order valence-corrected chi connectivity index (χ2v) is 0. The van der Waals surface area contributed by atoms with Crippen LogP contribution >= 0.6 is 0 Å². The average Bonchev–Trinajstić information content (AvgIpc) is 1.00. The van der Waals surface area contributed by atoms with Crippen molar-refractivity contribution in [3.63, 3.8) is 0 Å². The Morgan fingerprint density at radius 1 is 1.40 bits per heavy atom. The molecule has 0 bridgehead atoms. The van der Waals surface area contributed by atoms with Crippen LogP contribution in [0.15, 0.2) is 0 Å². The molecular formula is CHCdFeKN-. The molecule has 0 aromatic carbocycles. The number of hydrogen-bond acceptors (Lipinski definition) is 1. The van der Waals surface area contributed by atoms with Gasteiger partial charge in [-0.15, -0.1) is 0 Å². The van der Waals surface area contributed by atoms with Crippen LogP contribution in [0, 0.1) is 11.8 Å². The zero-order valence-corrected chi connectivity index (χ0v) is 11.3. The van der Waals surface area contributed by atoms with Crippen LogP contribution in [0.25, 0.3) is 0 Å². The van der Waals surface area contributed by atoms with Gasteiger partial charge in [0.2, 0.25) is 0 Å². The Bertz CT molecular complexity index is 20.3. The first-order valence-corrected chi connectivity index (χ1v) is 0.224. The molecule has 0 aromatic rings. The van der Waals surface area contributed by atoms with Gasteiger partial charge in [-0.05, 0) is 0 Å². The van der Waals surface area contributed by atoms with Gasteiger partial charge < -0.3 is 13.3 Å². The van der Waals surface area contributed by atoms with Gasteiger partial charge >= 0.3 is 51.4 Å². The van der Waals surface area contributed by atoms with Crippen molar-refractivity contribution in [2.24, 2.45) is 0 Å². The minimum Gasteiger partial charge on any atom is -1.00 e. The summed E-state index contributed by atoms with van der Waals surface area (Å²) in [6.07, 6.45) is 0. The van der Waals surface area contributed by atoms with E-state index in [-0.39, 0.29) is 97.2 Å². The van der Waals surface area contributed by atoms with E-state index in [1.165, 1.54) is 0 Å². The van der Waals surface area contributed by atoms with Gasteiger partial charge in [0, 0.05) is 44.4 Å². The first-order chi connectivity index (χ1) is 1.00. The van der Waals surface area contributed by atoms with Crippen LogP contribution in [0.4, 0.5) is 0 Å². The Morgan fingerprint density at radius 3 is 1.40 bits per heavy atom. The third-order valence-corrected chi connectivity index (χ3v) is 0. The smallest absolute Gasteiger partial charge is 1.00 e. The summed E-state index contributed by atoms with van der Waals surface area (Å²) in [6.45, 7) is 4.75. The molecule has 0 aliphatic rings. The average molecular weight is 234 g/mol. The normalized spacial score (nSPS) is 0.400. The molecule has 0 atom stereocenters. The van der Waals surface area contributed by atoms with E-state index in [4.69, 9.17) is 11.8 Å². The van der Waals surface area contributed by atoms with Gasteiger partial charge in [-0.1, -0.05) is 0 Å². The van der Waals surface area contributed by atoms with Crippen molar-refractivity contribution in [3.8, 4) is 0 Å². The van der Waals surface area contributed by atoms with Gasteiger partial charge in [-0.25, -0.2) is 0 Å². The van der Waals surface area contributed by atoms with E-state index in [1.54, 1.807) is 0 Å². The zero-order valence-electron chi connectivity index (χ0n) is 4.01. The van der Waals surface area contributed by atoms with Crippen molar-refractivity contribution in [1.82, 2.24) is 0 Å². The molecule has 0 saturated carbocycles. The fourth-order valence-electron chi connectivity index (χ4n) is 0. The summed E-state index contributed by atoms with van der Waals surface area (Å²) in [5.41, 5.74) is 0. The molecule has 0 radical (unpaired) electrons. The predicted octanol–water partition coefficient (Wildman–Crippen LogP) is -2.79. The SMILES string of the molecule is [C-]#N.[Cd].[Fe].[H-].[K+]. The van der Waals surface area contributed by atoms with Crippen molar-refractivity contribution >= 4 is 0 Å². The molecule has 0 aliphatic heterocycles. The van der Waals surface area contributed by atoms with Gasteiger partial charge in [0.15, 0.2) is 0 Å². The topological polar surface area (TPSA) is 23.8 Å². The molecule has 0 unspecified atom stereocenters. The number of rotatable bonds is 0. The Balaban J connectivity index is -0.000000000833. The van der Waals surface area contributed by atoms with E-state index < -0.39 is 0 Å². The van der Waals surface area contributed by atoms with Crippen LogP contribution in [0.2, 0.25) is 0 Å². The summed E-state index contributed by atoms with van der Waals surface area (Å²) in [6, 6.07) is 0. The Labute approximate surface area is 106 Å². The first kappa shape index (κ1) is 25.6. The maximum Gasteiger partial charge on any atom is 1.00 e. The third-order valence-electron chi connectivity index (χ3n) is 0. The fraction of sp³-hybridized carbons (Fsp3) is 0. The molecule has 5 heavy (non-hydrogen) atoms. The minimum atomic E-state index is 0. The molecule has 0 saturated heterocycles. The summed E-state index contributed by atoms with van der Waals surface area (Å²) in [5, 5.41) is 6.25. The van der Waals surface area contributed by atoms with E-state index in [2.05, 4.69) is 0 Å². The number of nitrogens with zero attached hydrogens (tertiary/aromatic N) is 1. The van der Waals surface area contributed by atoms with Crippen molar-refractivity contribution in [2.45, 2.75) is 0 Å². The van der Waals surface area contributed by atoms with Gasteiger partial charge in [0.1, 0.15) is 0 Å². The molecule has 0 aromatic heterocycles. The Hall–Kier alpha value is 2.57. The summed E-state index contributed by atoms with van der Waals surface area (Å²) < 4.78 is 0. The van der Waals surface area contributed by atoms with Crippen LogP contribution in [0.1, 0.15) is 1.43 Å². The maximum absolute atomic E-state index is 6.25. The summed E-state index contributed by atoms with van der Waals surface area (Å²) in [4.78, 5) is 0. The quantitative estimate of drug-likeness (QED) is 0.328. The molecule has 0 amide bonds. The van der Waals surface area contributed by atoms with Gasteiger partial charge in [-0.3, -0.25) is 0 Å². The Kier molecular flexibility index (Phi) is 158. The van der Waals surface area contributed by atoms with Crippen LogP contribution in [-0.4, -0.2) is 0 Å². The third kappa shape index (κ3) is 20.8. The van der Waals surface area contributed by atoms with E-state index in [0.717, 1.165) is 0 Å². The molecule has 22 valence electrons. The number of hydrogen-bond donors (Lipinski definition) is 0. The Morgan fingerprint density at radius 2 is 1.40 bits per heavy atom. The summed E-state index contributed by atoms with van der Waals surface area (Å²) in [7, 11) is 0. The summed E-state index contributed by atoms with van der Waals surface area (Å²) >= 11 is 0. The molecule has 0 heterocycles. The van der Waals surface area contributed by atoms with Crippen LogP contribution in [0.3, 0.4) is 0 Å².